The number of fused-ring (bicyclic) bond motifs is 1. The monoisotopic (exact) mass is 477 g/mol. The van der Waals surface area contributed by atoms with Crippen LogP contribution >= 0.6 is 0 Å². The van der Waals surface area contributed by atoms with Gasteiger partial charge in [0.05, 0.1) is 22.6 Å². The highest BCUT2D eigenvalue weighted by molar-refractivity contribution is 6.02. The number of carbonyl (C=O) groups excluding carboxylic acids is 2. The highest BCUT2D eigenvalue weighted by atomic mass is 19.1. The van der Waals surface area contributed by atoms with Crippen molar-refractivity contribution in [3.8, 4) is 6.07 Å². The SMILES string of the molecule is C[C@@H]1CN(C(=O)c2cc3cc(F)ccc3nc2N2CCC(C)(C#N)CC2)C[C@H](C)N1C(=O)C1CC1. The third-order valence-electron chi connectivity index (χ3n) is 7.81. The van der Waals surface area contributed by atoms with Crippen LogP contribution in [0.3, 0.4) is 0 Å². The number of piperidine rings is 1. The number of pyridine rings is 1. The predicted molar refractivity (Wildman–Crippen MR) is 131 cm³/mol. The molecule has 5 rings (SSSR count). The topological polar surface area (TPSA) is 80.5 Å². The van der Waals surface area contributed by atoms with Crippen molar-refractivity contribution in [2.75, 3.05) is 31.1 Å². The lowest BCUT2D eigenvalue weighted by atomic mass is 9.82. The van der Waals surface area contributed by atoms with E-state index in [1.807, 2.05) is 25.7 Å². The molecule has 3 aliphatic rings. The van der Waals surface area contributed by atoms with Crippen LogP contribution in [0.5, 0.6) is 0 Å². The minimum Gasteiger partial charge on any atom is -0.356 e. The molecule has 35 heavy (non-hydrogen) atoms. The lowest BCUT2D eigenvalue weighted by Gasteiger charge is -2.45. The predicted octanol–water partition coefficient (Wildman–Crippen LogP) is 3.98. The van der Waals surface area contributed by atoms with Crippen LogP contribution in [0.15, 0.2) is 24.3 Å². The average molecular weight is 478 g/mol. The Labute approximate surface area is 205 Å². The van der Waals surface area contributed by atoms with E-state index in [1.165, 1.54) is 12.1 Å². The van der Waals surface area contributed by atoms with Crippen LogP contribution in [0.2, 0.25) is 0 Å². The first-order valence-electron chi connectivity index (χ1n) is 12.6. The van der Waals surface area contributed by atoms with Crippen LogP contribution in [0.1, 0.15) is 56.8 Å². The maximum absolute atomic E-state index is 14.0. The number of anilines is 1. The van der Waals surface area contributed by atoms with Crippen molar-refractivity contribution in [1.82, 2.24) is 14.8 Å². The zero-order chi connectivity index (χ0) is 24.9. The minimum absolute atomic E-state index is 0.0727. The van der Waals surface area contributed by atoms with Gasteiger partial charge in [0.2, 0.25) is 5.91 Å². The molecule has 0 unspecified atom stereocenters. The Bertz CT molecular complexity index is 1200. The Kier molecular flexibility index (Phi) is 5.90. The summed E-state index contributed by atoms with van der Waals surface area (Å²) in [6.45, 7) is 8.12. The smallest absolute Gasteiger partial charge is 0.257 e. The van der Waals surface area contributed by atoms with Crippen LogP contribution < -0.4 is 4.90 Å². The molecule has 2 aliphatic heterocycles. The molecule has 2 saturated heterocycles. The van der Waals surface area contributed by atoms with E-state index in [0.717, 1.165) is 12.8 Å². The van der Waals surface area contributed by atoms with Gasteiger partial charge in [0.1, 0.15) is 11.6 Å². The molecule has 3 fully saturated rings. The zero-order valence-electron chi connectivity index (χ0n) is 20.6. The number of hydrogen-bond acceptors (Lipinski definition) is 5. The molecule has 1 aliphatic carbocycles. The van der Waals surface area contributed by atoms with E-state index >= 15 is 0 Å². The second-order valence-electron chi connectivity index (χ2n) is 10.8. The Balaban J connectivity index is 1.46. The third-order valence-corrected chi connectivity index (χ3v) is 7.81. The van der Waals surface area contributed by atoms with Crippen molar-refractivity contribution in [2.24, 2.45) is 11.3 Å². The van der Waals surface area contributed by atoms with Gasteiger partial charge in [-0.15, -0.1) is 0 Å². The van der Waals surface area contributed by atoms with Gasteiger partial charge < -0.3 is 14.7 Å². The first kappa shape index (κ1) is 23.5. The highest BCUT2D eigenvalue weighted by Crippen LogP contribution is 2.36. The van der Waals surface area contributed by atoms with Gasteiger partial charge in [0.15, 0.2) is 0 Å². The van der Waals surface area contributed by atoms with Gasteiger partial charge in [-0.3, -0.25) is 9.59 Å². The summed E-state index contributed by atoms with van der Waals surface area (Å²) in [4.78, 5) is 37.3. The van der Waals surface area contributed by atoms with Gasteiger partial charge in [-0.2, -0.15) is 5.26 Å². The summed E-state index contributed by atoms with van der Waals surface area (Å²) in [7, 11) is 0. The van der Waals surface area contributed by atoms with Crippen LogP contribution in [-0.4, -0.2) is 64.9 Å². The molecule has 184 valence electrons. The number of carbonyl (C=O) groups is 2. The summed E-state index contributed by atoms with van der Waals surface area (Å²) in [5.41, 5.74) is 0.703. The number of benzene rings is 1. The van der Waals surface area contributed by atoms with E-state index < -0.39 is 0 Å². The second-order valence-corrected chi connectivity index (χ2v) is 10.8. The van der Waals surface area contributed by atoms with E-state index in [9.17, 15) is 19.2 Å². The van der Waals surface area contributed by atoms with Crippen molar-refractivity contribution in [3.63, 3.8) is 0 Å². The Morgan fingerprint density at radius 1 is 1.11 bits per heavy atom. The van der Waals surface area contributed by atoms with Crippen LogP contribution in [-0.2, 0) is 4.79 Å². The fourth-order valence-electron chi connectivity index (χ4n) is 5.49. The number of halogens is 1. The van der Waals surface area contributed by atoms with Gasteiger partial charge in [-0.1, -0.05) is 0 Å². The number of nitrogens with zero attached hydrogens (tertiary/aromatic N) is 5. The molecule has 0 N–H and O–H groups in total. The summed E-state index contributed by atoms with van der Waals surface area (Å²) in [6, 6.07) is 8.44. The van der Waals surface area contributed by atoms with Crippen molar-refractivity contribution in [2.45, 2.75) is 58.5 Å². The highest BCUT2D eigenvalue weighted by Gasteiger charge is 2.42. The molecule has 0 spiro atoms. The van der Waals surface area contributed by atoms with Crippen molar-refractivity contribution in [3.05, 3.63) is 35.6 Å². The van der Waals surface area contributed by atoms with Gasteiger partial charge in [0.25, 0.3) is 5.91 Å². The maximum Gasteiger partial charge on any atom is 0.257 e. The molecule has 0 radical (unpaired) electrons. The molecular formula is C27H32FN5O2. The fraction of sp³-hybridized carbons (Fsp3) is 0.556. The fourth-order valence-corrected chi connectivity index (χ4v) is 5.49. The largest absolute Gasteiger partial charge is 0.356 e. The molecule has 1 aromatic carbocycles. The molecule has 2 amide bonds. The zero-order valence-corrected chi connectivity index (χ0v) is 20.6. The summed E-state index contributed by atoms with van der Waals surface area (Å²) < 4.78 is 14.0. The number of amides is 2. The number of piperazine rings is 1. The Morgan fingerprint density at radius 2 is 1.77 bits per heavy atom. The maximum atomic E-state index is 14.0. The average Bonchev–Trinajstić information content (AvgIpc) is 3.68. The van der Waals surface area contributed by atoms with Crippen LogP contribution in [0.25, 0.3) is 10.9 Å². The molecule has 1 saturated carbocycles. The van der Waals surface area contributed by atoms with Gasteiger partial charge in [-0.05, 0) is 70.7 Å². The number of nitriles is 1. The molecule has 8 heteroatoms. The van der Waals surface area contributed by atoms with Crippen molar-refractivity contribution < 1.29 is 14.0 Å². The Hall–Kier alpha value is -3.21. The molecule has 0 bridgehead atoms. The summed E-state index contributed by atoms with van der Waals surface area (Å²) in [5, 5.41) is 10.1. The third kappa shape index (κ3) is 4.44. The van der Waals surface area contributed by atoms with E-state index in [2.05, 4.69) is 11.0 Å². The summed E-state index contributed by atoms with van der Waals surface area (Å²) >= 11 is 0. The first-order chi connectivity index (χ1) is 16.7. The molecule has 3 heterocycles. The lowest BCUT2D eigenvalue weighted by Crippen LogP contribution is -2.60. The molecule has 2 aromatic rings. The lowest BCUT2D eigenvalue weighted by molar-refractivity contribution is -0.139. The number of rotatable bonds is 3. The molecular weight excluding hydrogens is 445 g/mol. The van der Waals surface area contributed by atoms with Crippen molar-refractivity contribution >= 4 is 28.5 Å². The quantitative estimate of drug-likeness (QED) is 0.668. The Morgan fingerprint density at radius 3 is 2.37 bits per heavy atom. The molecule has 2 atom stereocenters. The second kappa shape index (κ2) is 8.78. The van der Waals surface area contributed by atoms with Crippen LogP contribution in [0.4, 0.5) is 10.2 Å². The minimum atomic E-state index is -0.379. The van der Waals surface area contributed by atoms with E-state index in [1.54, 1.807) is 17.0 Å². The van der Waals surface area contributed by atoms with Gasteiger partial charge in [0, 0.05) is 49.6 Å². The van der Waals surface area contributed by atoms with E-state index in [-0.39, 0.29) is 41.0 Å². The van der Waals surface area contributed by atoms with Gasteiger partial charge >= 0.3 is 0 Å². The van der Waals surface area contributed by atoms with Gasteiger partial charge in [-0.25, -0.2) is 9.37 Å². The van der Waals surface area contributed by atoms with Crippen molar-refractivity contribution in [1.29, 1.82) is 5.26 Å². The number of hydrogen-bond donors (Lipinski definition) is 0. The van der Waals surface area contributed by atoms with E-state index in [0.29, 0.717) is 61.3 Å². The molecule has 1 aromatic heterocycles. The van der Waals surface area contributed by atoms with E-state index in [4.69, 9.17) is 4.98 Å². The normalized spacial score (nSPS) is 24.4. The first-order valence-corrected chi connectivity index (χ1v) is 12.6. The summed E-state index contributed by atoms with van der Waals surface area (Å²) in [5.74, 6) is 0.416. The standard InChI is InChI=1S/C27H32FN5O2/c1-17-14-32(15-18(2)33(17)25(34)19-4-5-19)26(35)22-13-20-12-21(28)6-7-23(20)30-24(22)31-10-8-27(3,16-29)9-11-31/h6-7,12-13,17-19H,4-5,8-11,14-15H2,1-3H3/t17-,18+. The summed E-state index contributed by atoms with van der Waals surface area (Å²) in [6.07, 6.45) is 3.30. The van der Waals surface area contributed by atoms with Crippen LogP contribution in [0, 0.1) is 28.5 Å². The number of aromatic nitrogens is 1. The molecule has 7 nitrogen and oxygen atoms in total.